The molecule has 0 fully saturated rings. The Hall–Kier alpha value is -2.55. The van der Waals surface area contributed by atoms with Gasteiger partial charge in [0.2, 0.25) is 0 Å². The normalized spacial score (nSPS) is 11.6. The second-order valence-electron chi connectivity index (χ2n) is 4.12. The number of carbonyl (C=O) groups is 1. The van der Waals surface area contributed by atoms with Crippen LogP contribution in [0.25, 0.3) is 6.08 Å². The van der Waals surface area contributed by atoms with E-state index in [-0.39, 0.29) is 0 Å². The third-order valence-corrected chi connectivity index (χ3v) is 2.86. The molecule has 0 heterocycles. The topological polar surface area (TPSA) is 49.3 Å². The van der Waals surface area contributed by atoms with E-state index >= 15 is 0 Å². The van der Waals surface area contributed by atoms with Gasteiger partial charge in [-0.1, -0.05) is 61.2 Å². The lowest BCUT2D eigenvalue weighted by molar-refractivity contribution is -0.138. The molecule has 3 heteroatoms. The summed E-state index contributed by atoms with van der Waals surface area (Å²) < 4.78 is 0. The number of anilines is 1. The summed E-state index contributed by atoms with van der Waals surface area (Å²) in [6.45, 7) is 3.73. The maximum absolute atomic E-state index is 11.4. The zero-order valence-electron chi connectivity index (χ0n) is 10.4. The molecule has 0 bridgehead atoms. The van der Waals surface area contributed by atoms with Gasteiger partial charge in [-0.3, -0.25) is 0 Å². The number of para-hydroxylation sites is 1. The number of hydrogen-bond acceptors (Lipinski definition) is 2. The van der Waals surface area contributed by atoms with Crippen LogP contribution in [-0.2, 0) is 4.79 Å². The highest BCUT2D eigenvalue weighted by Gasteiger charge is 2.19. The second-order valence-corrected chi connectivity index (χ2v) is 4.12. The van der Waals surface area contributed by atoms with Crippen LogP contribution in [-0.4, -0.2) is 11.1 Å². The SMILES string of the molecule is C=Cc1ccccc1N[C@H](C(=O)O)c1ccccc1. The van der Waals surface area contributed by atoms with Crippen LogP contribution >= 0.6 is 0 Å². The van der Waals surface area contributed by atoms with Crippen molar-refractivity contribution in [3.63, 3.8) is 0 Å². The van der Waals surface area contributed by atoms with Crippen LogP contribution in [0, 0.1) is 0 Å². The quantitative estimate of drug-likeness (QED) is 0.856. The van der Waals surface area contributed by atoms with Crippen molar-refractivity contribution >= 4 is 17.7 Å². The van der Waals surface area contributed by atoms with Crippen LogP contribution in [0.15, 0.2) is 61.2 Å². The maximum Gasteiger partial charge on any atom is 0.330 e. The summed E-state index contributed by atoms with van der Waals surface area (Å²) in [6.07, 6.45) is 1.70. The molecule has 0 saturated heterocycles. The van der Waals surface area contributed by atoms with E-state index in [1.807, 2.05) is 42.5 Å². The molecule has 2 rings (SSSR count). The van der Waals surface area contributed by atoms with E-state index in [4.69, 9.17) is 0 Å². The minimum atomic E-state index is -0.912. The molecule has 0 aliphatic carbocycles. The zero-order valence-corrected chi connectivity index (χ0v) is 10.4. The highest BCUT2D eigenvalue weighted by atomic mass is 16.4. The number of hydrogen-bond donors (Lipinski definition) is 2. The van der Waals surface area contributed by atoms with Gasteiger partial charge in [-0.2, -0.15) is 0 Å². The molecule has 1 atom stereocenters. The van der Waals surface area contributed by atoms with Gasteiger partial charge < -0.3 is 10.4 Å². The van der Waals surface area contributed by atoms with E-state index in [1.165, 1.54) is 0 Å². The lowest BCUT2D eigenvalue weighted by atomic mass is 10.1. The molecule has 0 aliphatic rings. The average molecular weight is 253 g/mol. The van der Waals surface area contributed by atoms with E-state index in [9.17, 15) is 9.90 Å². The van der Waals surface area contributed by atoms with Crippen LogP contribution in [0.1, 0.15) is 17.2 Å². The first-order chi connectivity index (χ1) is 9.22. The smallest absolute Gasteiger partial charge is 0.330 e. The molecule has 3 nitrogen and oxygen atoms in total. The minimum absolute atomic E-state index is 0.717. The summed E-state index contributed by atoms with van der Waals surface area (Å²) in [4.78, 5) is 11.4. The van der Waals surface area contributed by atoms with Gasteiger partial charge in [0.05, 0.1) is 0 Å². The molecular formula is C16H15NO2. The van der Waals surface area contributed by atoms with Crippen LogP contribution < -0.4 is 5.32 Å². The van der Waals surface area contributed by atoms with Crippen LogP contribution in [0.2, 0.25) is 0 Å². The molecule has 0 unspecified atom stereocenters. The van der Waals surface area contributed by atoms with Crippen LogP contribution in [0.3, 0.4) is 0 Å². The molecule has 96 valence electrons. The van der Waals surface area contributed by atoms with Gasteiger partial charge in [-0.25, -0.2) is 4.79 Å². The Balaban J connectivity index is 2.32. The number of rotatable bonds is 5. The minimum Gasteiger partial charge on any atom is -0.479 e. The molecule has 0 amide bonds. The van der Waals surface area contributed by atoms with Gasteiger partial charge in [0.1, 0.15) is 0 Å². The Morgan fingerprint density at radius 1 is 1.11 bits per heavy atom. The largest absolute Gasteiger partial charge is 0.479 e. The number of benzene rings is 2. The van der Waals surface area contributed by atoms with E-state index in [0.29, 0.717) is 5.56 Å². The Labute approximate surface area is 112 Å². The Morgan fingerprint density at radius 2 is 1.74 bits per heavy atom. The summed E-state index contributed by atoms with van der Waals surface area (Å²) >= 11 is 0. The second kappa shape index (κ2) is 5.87. The fourth-order valence-corrected chi connectivity index (χ4v) is 1.90. The Kier molecular flexibility index (Phi) is 3.98. The molecular weight excluding hydrogens is 238 g/mol. The lowest BCUT2D eigenvalue weighted by Crippen LogP contribution is -2.20. The van der Waals surface area contributed by atoms with Crippen molar-refractivity contribution < 1.29 is 9.90 Å². The molecule has 19 heavy (non-hydrogen) atoms. The van der Waals surface area contributed by atoms with E-state index in [1.54, 1.807) is 18.2 Å². The predicted molar refractivity (Wildman–Crippen MR) is 77.0 cm³/mol. The van der Waals surface area contributed by atoms with Gasteiger partial charge in [-0.15, -0.1) is 0 Å². The van der Waals surface area contributed by atoms with E-state index in [0.717, 1.165) is 11.3 Å². The first-order valence-electron chi connectivity index (χ1n) is 5.98. The molecule has 0 saturated carbocycles. The third kappa shape index (κ3) is 3.01. The molecule has 0 aliphatic heterocycles. The Bertz CT molecular complexity index is 578. The van der Waals surface area contributed by atoms with Crippen molar-refractivity contribution in [2.45, 2.75) is 6.04 Å². The summed E-state index contributed by atoms with van der Waals surface area (Å²) in [7, 11) is 0. The first-order valence-corrected chi connectivity index (χ1v) is 5.98. The summed E-state index contributed by atoms with van der Waals surface area (Å²) in [5.74, 6) is -0.912. The van der Waals surface area contributed by atoms with Gasteiger partial charge >= 0.3 is 5.97 Å². The lowest BCUT2D eigenvalue weighted by Gasteiger charge is -2.17. The fourth-order valence-electron chi connectivity index (χ4n) is 1.90. The van der Waals surface area contributed by atoms with Crippen LogP contribution in [0.5, 0.6) is 0 Å². The van der Waals surface area contributed by atoms with E-state index in [2.05, 4.69) is 11.9 Å². The van der Waals surface area contributed by atoms with E-state index < -0.39 is 12.0 Å². The van der Waals surface area contributed by atoms with Crippen molar-refractivity contribution in [3.05, 3.63) is 72.3 Å². The monoisotopic (exact) mass is 253 g/mol. The molecule has 0 spiro atoms. The molecule has 0 radical (unpaired) electrons. The van der Waals surface area contributed by atoms with Crippen LogP contribution in [0.4, 0.5) is 5.69 Å². The van der Waals surface area contributed by atoms with Crippen molar-refractivity contribution in [2.24, 2.45) is 0 Å². The first kappa shape index (κ1) is 12.9. The fraction of sp³-hybridized carbons (Fsp3) is 0.0625. The highest BCUT2D eigenvalue weighted by Crippen LogP contribution is 2.23. The van der Waals surface area contributed by atoms with Crippen molar-refractivity contribution in [1.82, 2.24) is 0 Å². The predicted octanol–water partition coefficient (Wildman–Crippen LogP) is 3.57. The Morgan fingerprint density at radius 3 is 2.37 bits per heavy atom. The van der Waals surface area contributed by atoms with Gasteiger partial charge in [0.25, 0.3) is 0 Å². The van der Waals surface area contributed by atoms with Crippen molar-refractivity contribution in [1.29, 1.82) is 0 Å². The summed E-state index contributed by atoms with van der Waals surface area (Å²) in [6, 6.07) is 15.8. The summed E-state index contributed by atoms with van der Waals surface area (Å²) in [5.41, 5.74) is 2.35. The third-order valence-electron chi connectivity index (χ3n) is 2.86. The number of nitrogens with one attached hydrogen (secondary N) is 1. The number of aliphatic carboxylic acids is 1. The number of carboxylic acid groups (broad SMARTS) is 1. The standard InChI is InChI=1S/C16H15NO2/c1-2-12-8-6-7-11-14(12)17-15(16(18)19)13-9-4-3-5-10-13/h2-11,15,17H,1H2,(H,18,19)/t15-/m0/s1. The molecule has 2 aromatic carbocycles. The summed E-state index contributed by atoms with van der Waals surface area (Å²) in [5, 5.41) is 12.4. The van der Waals surface area contributed by atoms with Gasteiger partial charge in [-0.05, 0) is 17.2 Å². The number of carboxylic acids is 1. The van der Waals surface area contributed by atoms with Crippen molar-refractivity contribution in [3.8, 4) is 0 Å². The molecule has 2 N–H and O–H groups in total. The van der Waals surface area contributed by atoms with Gasteiger partial charge in [0.15, 0.2) is 6.04 Å². The molecule has 0 aromatic heterocycles. The van der Waals surface area contributed by atoms with Gasteiger partial charge in [0, 0.05) is 5.69 Å². The highest BCUT2D eigenvalue weighted by molar-refractivity contribution is 5.80. The zero-order chi connectivity index (χ0) is 13.7. The average Bonchev–Trinajstić information content (AvgIpc) is 2.45. The van der Waals surface area contributed by atoms with Crippen molar-refractivity contribution in [2.75, 3.05) is 5.32 Å². The maximum atomic E-state index is 11.4. The molecule has 2 aromatic rings.